The molecular weight excluding hydrogens is 296 g/mol. The molecule has 0 radical (unpaired) electrons. The molecule has 0 saturated heterocycles. The Hall–Kier alpha value is 0.501. The largest absolute Gasteiger partial charge is 1.00 e. The molecule has 0 amide bonds. The summed E-state index contributed by atoms with van der Waals surface area (Å²) in [5.74, 6) is -3.53. The number of rotatable bonds is 2. The predicted molar refractivity (Wildman–Crippen MR) is 53.6 cm³/mol. The van der Waals surface area contributed by atoms with Crippen molar-refractivity contribution in [3.8, 4) is 0 Å². The van der Waals surface area contributed by atoms with Crippen LogP contribution in [0.2, 0.25) is 5.31 Å². The average molecular weight is 304 g/mol. The van der Waals surface area contributed by atoms with Gasteiger partial charge in [0.1, 0.15) is 5.82 Å². The summed E-state index contributed by atoms with van der Waals surface area (Å²) in [6.45, 7) is -4.97. The van der Waals surface area contributed by atoms with Crippen LogP contribution in [0.5, 0.6) is 0 Å². The van der Waals surface area contributed by atoms with Crippen molar-refractivity contribution in [3.63, 3.8) is 0 Å². The average Bonchev–Trinajstić information content (AvgIpc) is 2.05. The Morgan fingerprint density at radius 3 is 1.95 bits per heavy atom. The van der Waals surface area contributed by atoms with Crippen LogP contribution in [-0.2, 0) is 5.41 Å². The van der Waals surface area contributed by atoms with Crippen molar-refractivity contribution in [1.29, 1.82) is 0 Å². The minimum absolute atomic E-state index is 0. The van der Waals surface area contributed by atoms with E-state index in [4.69, 9.17) is 0 Å². The second-order valence-electron chi connectivity index (χ2n) is 5.50. The number of benzene rings is 1. The number of hydrogen-bond donors (Lipinski definition) is 0. The summed E-state index contributed by atoms with van der Waals surface area (Å²) in [7, 11) is 0. The molecule has 0 nitrogen and oxygen atoms in total. The van der Waals surface area contributed by atoms with E-state index in [0.29, 0.717) is 6.07 Å². The van der Waals surface area contributed by atoms with E-state index >= 15 is 0 Å². The first-order valence-corrected chi connectivity index (χ1v) is 5.54. The second-order valence-corrected chi connectivity index (χ2v) is 5.50. The fourth-order valence-corrected chi connectivity index (χ4v) is 3.44. The van der Waals surface area contributed by atoms with Crippen molar-refractivity contribution >= 4 is 6.98 Å². The summed E-state index contributed by atoms with van der Waals surface area (Å²) in [6, 6.07) is 1.21. The monoisotopic (exact) mass is 304 g/mol. The molecule has 1 aromatic carbocycles. The van der Waals surface area contributed by atoms with Crippen LogP contribution < -0.4 is 51.4 Å². The Labute approximate surface area is 148 Å². The van der Waals surface area contributed by atoms with Crippen LogP contribution >= 0.6 is 0 Å². The van der Waals surface area contributed by atoms with E-state index in [9.17, 15) is 26.1 Å². The van der Waals surface area contributed by atoms with E-state index < -0.39 is 35.2 Å². The van der Waals surface area contributed by atoms with Gasteiger partial charge in [-0.1, -0.05) is 24.6 Å². The van der Waals surface area contributed by atoms with Crippen LogP contribution in [-0.4, -0.2) is 6.98 Å². The predicted octanol–water partition coefficient (Wildman–Crippen LogP) is 1.13. The Bertz CT molecular complexity index is 521. The van der Waals surface area contributed by atoms with Gasteiger partial charge in [0.15, 0.2) is 11.6 Å². The van der Waals surface area contributed by atoms with E-state index in [-0.39, 0.29) is 76.2 Å². The number of halogens is 6. The van der Waals surface area contributed by atoms with Crippen LogP contribution in [0.1, 0.15) is 24.8 Å². The zero-order chi connectivity index (χ0) is 13.3. The maximum absolute atomic E-state index is 13.5. The molecule has 0 heterocycles. The van der Waals surface area contributed by atoms with Gasteiger partial charge in [0.05, 0.1) is 0 Å². The normalized spacial score (nSPS) is 32.1. The molecule has 2 bridgehead atoms. The molecule has 0 atom stereocenters. The van der Waals surface area contributed by atoms with Gasteiger partial charge in [0.25, 0.3) is 0 Å². The summed E-state index contributed by atoms with van der Waals surface area (Å²) in [5, 5.41) is -1.70. The summed E-state index contributed by atoms with van der Waals surface area (Å²) in [6.07, 6.45) is -0.740. The molecule has 3 fully saturated rings. The minimum Gasteiger partial charge on any atom is -0.449 e. The summed E-state index contributed by atoms with van der Waals surface area (Å²) >= 11 is 0. The van der Waals surface area contributed by atoms with Gasteiger partial charge in [-0.2, -0.15) is 0 Å². The van der Waals surface area contributed by atoms with Gasteiger partial charge in [-0.05, 0) is 17.0 Å². The third-order valence-corrected chi connectivity index (χ3v) is 4.33. The van der Waals surface area contributed by atoms with Crippen LogP contribution in [0.15, 0.2) is 12.1 Å². The Kier molecular flexibility index (Phi) is 3.76. The molecule has 1 aromatic rings. The molecule has 0 N–H and O–H groups in total. The minimum atomic E-state index is -4.97. The molecular formula is C11H8BF6K. The first kappa shape index (κ1) is 15.9. The molecule has 3 aliphatic carbocycles. The molecule has 4 rings (SSSR count). The van der Waals surface area contributed by atoms with E-state index in [1.807, 2.05) is 0 Å². The molecule has 3 saturated carbocycles. The smallest absolute Gasteiger partial charge is 0.449 e. The van der Waals surface area contributed by atoms with Gasteiger partial charge < -0.3 is 12.9 Å². The molecule has 19 heavy (non-hydrogen) atoms. The first-order chi connectivity index (χ1) is 8.19. The Balaban J connectivity index is 0.00000133. The Morgan fingerprint density at radius 2 is 1.47 bits per heavy atom. The van der Waals surface area contributed by atoms with Crippen LogP contribution in [0, 0.1) is 17.5 Å². The molecule has 8 heteroatoms. The maximum Gasteiger partial charge on any atom is 1.00 e. The third-order valence-electron chi connectivity index (χ3n) is 4.33. The van der Waals surface area contributed by atoms with Gasteiger partial charge in [-0.3, -0.25) is 0 Å². The quantitative estimate of drug-likeness (QED) is 0.436. The SMILES string of the molecule is Fc1cc(F)c(F)c(C23CC([B-](F)(F)F)(C2)C3)c1.[K+]. The fourth-order valence-electron chi connectivity index (χ4n) is 3.44. The summed E-state index contributed by atoms with van der Waals surface area (Å²) in [4.78, 5) is 0. The van der Waals surface area contributed by atoms with Crippen LogP contribution in [0.4, 0.5) is 26.1 Å². The summed E-state index contributed by atoms with van der Waals surface area (Å²) < 4.78 is 77.7. The van der Waals surface area contributed by atoms with Crippen molar-refractivity contribution in [2.45, 2.75) is 30.0 Å². The van der Waals surface area contributed by atoms with Crippen molar-refractivity contribution in [2.24, 2.45) is 0 Å². The molecule has 0 aromatic heterocycles. The van der Waals surface area contributed by atoms with Crippen molar-refractivity contribution in [3.05, 3.63) is 35.1 Å². The molecule has 0 spiro atoms. The van der Waals surface area contributed by atoms with E-state index in [0.717, 1.165) is 6.07 Å². The van der Waals surface area contributed by atoms with Crippen LogP contribution in [0.25, 0.3) is 0 Å². The van der Waals surface area contributed by atoms with Crippen molar-refractivity contribution < 1.29 is 77.5 Å². The van der Waals surface area contributed by atoms with Gasteiger partial charge in [-0.15, -0.1) is 0 Å². The molecule has 0 aliphatic heterocycles. The zero-order valence-corrected chi connectivity index (χ0v) is 13.2. The fraction of sp³-hybridized carbons (Fsp3) is 0.455. The van der Waals surface area contributed by atoms with Crippen molar-refractivity contribution in [1.82, 2.24) is 0 Å². The maximum atomic E-state index is 13.5. The molecule has 0 unspecified atom stereocenters. The van der Waals surface area contributed by atoms with Crippen molar-refractivity contribution in [2.75, 3.05) is 0 Å². The standard InChI is InChI=1S/C11H8BF6.K/c13-6-1-7(9(15)8(14)2-6)10-3-11(4-10,5-10)12(16,17)18;/h1-2H,3-5H2;/q-1;+1. The van der Waals surface area contributed by atoms with Gasteiger partial charge in [0, 0.05) is 6.07 Å². The van der Waals surface area contributed by atoms with Gasteiger partial charge in [-0.25, -0.2) is 13.2 Å². The Morgan fingerprint density at radius 1 is 0.947 bits per heavy atom. The summed E-state index contributed by atoms with van der Waals surface area (Å²) in [5.41, 5.74) is -1.26. The van der Waals surface area contributed by atoms with Crippen LogP contribution in [0.3, 0.4) is 0 Å². The molecule has 98 valence electrons. The van der Waals surface area contributed by atoms with E-state index in [1.54, 1.807) is 0 Å². The third kappa shape index (κ3) is 2.06. The van der Waals surface area contributed by atoms with E-state index in [2.05, 4.69) is 0 Å². The van der Waals surface area contributed by atoms with Gasteiger partial charge in [0.2, 0.25) is 0 Å². The first-order valence-electron chi connectivity index (χ1n) is 5.54. The second kappa shape index (κ2) is 4.50. The molecule has 3 aliphatic rings. The topological polar surface area (TPSA) is 0 Å². The number of hydrogen-bond acceptors (Lipinski definition) is 0. The van der Waals surface area contributed by atoms with E-state index in [1.165, 1.54) is 0 Å². The van der Waals surface area contributed by atoms with Gasteiger partial charge >= 0.3 is 58.4 Å². The zero-order valence-electron chi connectivity index (χ0n) is 10.1.